The monoisotopic (exact) mass is 864 g/mol. The first-order valence-corrected chi connectivity index (χ1v) is 26.4. The van der Waals surface area contributed by atoms with E-state index >= 15 is 0 Å². The van der Waals surface area contributed by atoms with Crippen molar-refractivity contribution < 1.29 is 28.6 Å². The van der Waals surface area contributed by atoms with Crippen molar-refractivity contribution in [2.75, 3.05) is 53.6 Å². The molecule has 9 nitrogen and oxygen atoms in total. The van der Waals surface area contributed by atoms with Crippen LogP contribution < -0.4 is 5.32 Å². The molecular weight excluding hydrogens is 763 g/mol. The molecule has 0 aliphatic carbocycles. The summed E-state index contributed by atoms with van der Waals surface area (Å²) in [4.78, 5) is 42.3. The minimum Gasteiger partial charge on any atom is -0.466 e. The number of rotatable bonds is 45. The van der Waals surface area contributed by atoms with Crippen molar-refractivity contribution in [3.63, 3.8) is 0 Å². The Morgan fingerprint density at radius 2 is 1.05 bits per heavy atom. The Morgan fingerprint density at radius 1 is 0.574 bits per heavy atom. The predicted molar refractivity (Wildman–Crippen MR) is 256 cm³/mol. The minimum atomic E-state index is -0.0590. The van der Waals surface area contributed by atoms with Crippen LogP contribution in [0.15, 0.2) is 0 Å². The number of amides is 1. The van der Waals surface area contributed by atoms with Crippen LogP contribution in [0.4, 0.5) is 0 Å². The highest BCUT2D eigenvalue weighted by molar-refractivity contribution is 5.76. The molecule has 0 spiro atoms. The topological polar surface area (TPSA) is 97.4 Å². The maximum Gasteiger partial charge on any atom is 0.306 e. The smallest absolute Gasteiger partial charge is 0.306 e. The molecular formula is C52H101N3O6. The summed E-state index contributed by atoms with van der Waals surface area (Å²) in [6.45, 7) is 11.3. The third kappa shape index (κ3) is 36.3. The van der Waals surface area contributed by atoms with Crippen molar-refractivity contribution in [3.8, 4) is 0 Å². The second kappa shape index (κ2) is 42.3. The van der Waals surface area contributed by atoms with E-state index in [-0.39, 0.29) is 36.0 Å². The van der Waals surface area contributed by atoms with Gasteiger partial charge in [-0.3, -0.25) is 19.3 Å². The molecule has 0 radical (unpaired) electrons. The summed E-state index contributed by atoms with van der Waals surface area (Å²) < 4.78 is 17.8. The van der Waals surface area contributed by atoms with Crippen molar-refractivity contribution in [2.45, 2.75) is 264 Å². The van der Waals surface area contributed by atoms with Gasteiger partial charge in [0.2, 0.25) is 5.91 Å². The van der Waals surface area contributed by atoms with Crippen LogP contribution in [-0.4, -0.2) is 99.4 Å². The molecule has 1 saturated heterocycles. The first-order valence-electron chi connectivity index (χ1n) is 26.4. The molecule has 1 amide bonds. The second-order valence-corrected chi connectivity index (χ2v) is 18.9. The lowest BCUT2D eigenvalue weighted by Crippen LogP contribution is -2.38. The largest absolute Gasteiger partial charge is 0.466 e. The Hall–Kier alpha value is -1.71. The van der Waals surface area contributed by atoms with Crippen molar-refractivity contribution in [2.24, 2.45) is 0 Å². The third-order valence-corrected chi connectivity index (χ3v) is 12.6. The van der Waals surface area contributed by atoms with Crippen LogP contribution in [0.5, 0.6) is 0 Å². The molecule has 360 valence electrons. The molecule has 1 aliphatic heterocycles. The molecule has 1 N–H and O–H groups in total. The SMILES string of the molecule is CCCCCCCCCCCOC(=O)CCCCCN1C[C@@H](NC(=O)CCN(C)C)CC1COCCCCCCCC(=O)OC(CCCCCCCC)CCCCCCCC. The van der Waals surface area contributed by atoms with Crippen LogP contribution in [-0.2, 0) is 28.6 Å². The molecule has 0 aromatic rings. The van der Waals surface area contributed by atoms with E-state index in [1.54, 1.807) is 0 Å². The third-order valence-electron chi connectivity index (χ3n) is 12.6. The van der Waals surface area contributed by atoms with Gasteiger partial charge in [0.25, 0.3) is 0 Å². The zero-order chi connectivity index (χ0) is 44.4. The maximum atomic E-state index is 12.8. The van der Waals surface area contributed by atoms with Gasteiger partial charge < -0.3 is 24.4 Å². The fourth-order valence-electron chi connectivity index (χ4n) is 8.63. The Bertz CT molecular complexity index is 996. The number of ether oxygens (including phenoxy) is 3. The Morgan fingerprint density at radius 3 is 1.61 bits per heavy atom. The normalized spacial score (nSPS) is 15.6. The number of nitrogens with one attached hydrogen (secondary N) is 1. The van der Waals surface area contributed by atoms with Gasteiger partial charge in [-0.15, -0.1) is 0 Å². The number of hydrogen-bond acceptors (Lipinski definition) is 8. The number of nitrogens with zero attached hydrogens (tertiary/aromatic N) is 2. The zero-order valence-electron chi connectivity index (χ0n) is 41.1. The summed E-state index contributed by atoms with van der Waals surface area (Å²) in [6, 6.07) is 0.435. The lowest BCUT2D eigenvalue weighted by atomic mass is 10.0. The minimum absolute atomic E-state index is 0.000651. The molecule has 9 heteroatoms. The number of likely N-dealkylation sites (tertiary alicyclic amines) is 1. The van der Waals surface area contributed by atoms with Crippen LogP contribution in [0.3, 0.4) is 0 Å². The number of hydrogen-bond donors (Lipinski definition) is 1. The van der Waals surface area contributed by atoms with E-state index in [4.69, 9.17) is 14.2 Å². The van der Waals surface area contributed by atoms with Crippen LogP contribution >= 0.6 is 0 Å². The fraction of sp³-hybridized carbons (Fsp3) is 0.942. The van der Waals surface area contributed by atoms with Crippen molar-refractivity contribution in [1.82, 2.24) is 15.1 Å². The summed E-state index contributed by atoms with van der Waals surface area (Å²) >= 11 is 0. The summed E-state index contributed by atoms with van der Waals surface area (Å²) in [5.41, 5.74) is 0. The molecule has 1 rings (SSSR count). The lowest BCUT2D eigenvalue weighted by molar-refractivity contribution is -0.150. The fourth-order valence-corrected chi connectivity index (χ4v) is 8.63. The highest BCUT2D eigenvalue weighted by Crippen LogP contribution is 2.21. The van der Waals surface area contributed by atoms with E-state index < -0.39 is 0 Å². The van der Waals surface area contributed by atoms with Crippen LogP contribution in [0.1, 0.15) is 245 Å². The second-order valence-electron chi connectivity index (χ2n) is 18.9. The highest BCUT2D eigenvalue weighted by Gasteiger charge is 2.32. The van der Waals surface area contributed by atoms with E-state index in [9.17, 15) is 14.4 Å². The van der Waals surface area contributed by atoms with Crippen molar-refractivity contribution >= 4 is 17.8 Å². The molecule has 1 unspecified atom stereocenters. The van der Waals surface area contributed by atoms with Crippen LogP contribution in [0, 0.1) is 0 Å². The standard InChI is InChI=1S/C52H101N3O6/c1-6-9-12-15-18-19-20-26-34-43-60-51(57)37-31-27-32-40-55-45-47(53-50(56)39-41-54(4)5)44-48(55)46-59-42-33-25-21-24-30-38-52(58)61-49(35-28-22-16-13-10-7-2)36-29-23-17-14-11-8-3/h47-49H,6-46H2,1-5H3,(H,53,56)/t47-,48?/m0/s1. The molecule has 0 bridgehead atoms. The van der Waals surface area contributed by atoms with Crippen molar-refractivity contribution in [3.05, 3.63) is 0 Å². The molecule has 1 fully saturated rings. The van der Waals surface area contributed by atoms with Crippen molar-refractivity contribution in [1.29, 1.82) is 0 Å². The van der Waals surface area contributed by atoms with E-state index in [1.807, 2.05) is 19.0 Å². The molecule has 0 aromatic carbocycles. The van der Waals surface area contributed by atoms with E-state index in [1.165, 1.54) is 122 Å². The number of unbranched alkanes of at least 4 members (excludes halogenated alkanes) is 24. The first kappa shape index (κ1) is 57.3. The molecule has 0 saturated carbocycles. The average Bonchev–Trinajstić information content (AvgIpc) is 3.62. The van der Waals surface area contributed by atoms with Gasteiger partial charge in [0.1, 0.15) is 6.10 Å². The van der Waals surface area contributed by atoms with Gasteiger partial charge >= 0.3 is 11.9 Å². The molecule has 0 aromatic heterocycles. The van der Waals surface area contributed by atoms with Gasteiger partial charge in [0.05, 0.1) is 13.2 Å². The zero-order valence-corrected chi connectivity index (χ0v) is 41.1. The van der Waals surface area contributed by atoms with Crippen LogP contribution in [0.25, 0.3) is 0 Å². The van der Waals surface area contributed by atoms with E-state index in [0.29, 0.717) is 32.5 Å². The van der Waals surface area contributed by atoms with Gasteiger partial charge in [0.15, 0.2) is 0 Å². The Labute approximate surface area is 377 Å². The maximum absolute atomic E-state index is 12.8. The summed E-state index contributed by atoms with van der Waals surface area (Å²) in [7, 11) is 3.99. The summed E-state index contributed by atoms with van der Waals surface area (Å²) in [5, 5.41) is 3.28. The van der Waals surface area contributed by atoms with Crippen LogP contribution in [0.2, 0.25) is 0 Å². The van der Waals surface area contributed by atoms with Gasteiger partial charge in [-0.2, -0.15) is 0 Å². The summed E-state index contributed by atoms with van der Waals surface area (Å²) in [6.07, 6.45) is 39.3. The Kier molecular flexibility index (Phi) is 39.7. The van der Waals surface area contributed by atoms with Gasteiger partial charge in [-0.25, -0.2) is 0 Å². The average molecular weight is 864 g/mol. The van der Waals surface area contributed by atoms with E-state index in [0.717, 1.165) is 110 Å². The van der Waals surface area contributed by atoms with Gasteiger partial charge in [-0.05, 0) is 84.8 Å². The Balaban J connectivity index is 2.32. The van der Waals surface area contributed by atoms with Gasteiger partial charge in [-0.1, -0.05) is 162 Å². The molecule has 1 aliphatic rings. The number of carbonyl (C=O) groups is 3. The quantitative estimate of drug-likeness (QED) is 0.0477. The number of esters is 2. The molecule has 61 heavy (non-hydrogen) atoms. The molecule has 2 atom stereocenters. The lowest BCUT2D eigenvalue weighted by Gasteiger charge is -2.24. The molecule has 1 heterocycles. The summed E-state index contributed by atoms with van der Waals surface area (Å²) in [5.74, 6) is 0.0626. The first-order chi connectivity index (χ1) is 29.8. The highest BCUT2D eigenvalue weighted by atomic mass is 16.5. The predicted octanol–water partition coefficient (Wildman–Crippen LogP) is 12.9. The van der Waals surface area contributed by atoms with Gasteiger partial charge in [0, 0.05) is 51.0 Å². The number of carbonyl (C=O) groups excluding carboxylic acids is 3. The van der Waals surface area contributed by atoms with E-state index in [2.05, 4.69) is 31.0 Å².